The van der Waals surface area contributed by atoms with Crippen molar-refractivity contribution in [2.24, 2.45) is 29.6 Å². The molecule has 0 aliphatic heterocycles. The minimum Gasteiger partial charge on any atom is -0.378 e. The first-order valence-corrected chi connectivity index (χ1v) is 12.5. The maximum absolute atomic E-state index is 6.44. The molecule has 4 rings (SSSR count). The quantitative estimate of drug-likeness (QED) is 0.492. The molecule has 4 fully saturated rings. The Morgan fingerprint density at radius 1 is 0.423 bits per heavy atom. The number of hydrogen-bond donors (Lipinski definition) is 0. The summed E-state index contributed by atoms with van der Waals surface area (Å²) in [7, 11) is 0. The first kappa shape index (κ1) is 19.3. The molecule has 1 heteroatoms. The highest BCUT2D eigenvalue weighted by Crippen LogP contribution is 2.41. The second-order valence-electron chi connectivity index (χ2n) is 10.4. The van der Waals surface area contributed by atoms with E-state index in [2.05, 4.69) is 0 Å². The summed E-state index contributed by atoms with van der Waals surface area (Å²) in [4.78, 5) is 0. The van der Waals surface area contributed by atoms with Gasteiger partial charge in [-0.1, -0.05) is 64.2 Å². The zero-order valence-corrected chi connectivity index (χ0v) is 17.3. The Morgan fingerprint density at radius 2 is 0.846 bits per heavy atom. The van der Waals surface area contributed by atoms with Crippen LogP contribution < -0.4 is 0 Å². The van der Waals surface area contributed by atoms with E-state index in [1.54, 1.807) is 0 Å². The van der Waals surface area contributed by atoms with E-state index in [1.807, 2.05) is 0 Å². The lowest BCUT2D eigenvalue weighted by molar-refractivity contribution is -0.0182. The predicted octanol–water partition coefficient (Wildman–Crippen LogP) is 7.53. The van der Waals surface area contributed by atoms with Gasteiger partial charge in [-0.05, 0) is 81.0 Å². The van der Waals surface area contributed by atoms with Gasteiger partial charge in [0.1, 0.15) is 0 Å². The van der Waals surface area contributed by atoms with Crippen LogP contribution in [0.5, 0.6) is 0 Å². The first-order valence-electron chi connectivity index (χ1n) is 12.5. The van der Waals surface area contributed by atoms with Crippen LogP contribution in [0.25, 0.3) is 0 Å². The summed E-state index contributed by atoms with van der Waals surface area (Å²) in [5.74, 6) is 5.14. The van der Waals surface area contributed by atoms with Gasteiger partial charge in [-0.25, -0.2) is 0 Å². The van der Waals surface area contributed by atoms with Crippen LogP contribution in [0, 0.1) is 29.6 Å². The van der Waals surface area contributed by atoms with E-state index in [1.165, 1.54) is 116 Å². The Morgan fingerprint density at radius 3 is 1.35 bits per heavy atom. The van der Waals surface area contributed by atoms with Crippen LogP contribution in [-0.2, 0) is 4.74 Å². The molecule has 0 atom stereocenters. The standard InChI is InChI=1S/C25H44O/c1-3-7-21(8-4-1)23-13-11-20(12-14-23)19-26-25-17-15-24(16-18-25)22-9-5-2-6-10-22/h20-25H,1-19H2. The van der Waals surface area contributed by atoms with Crippen molar-refractivity contribution in [1.82, 2.24) is 0 Å². The Labute approximate surface area is 163 Å². The molecule has 4 aliphatic carbocycles. The molecule has 0 spiro atoms. The molecule has 4 saturated carbocycles. The summed E-state index contributed by atoms with van der Waals surface area (Å²) in [5, 5.41) is 0. The van der Waals surface area contributed by atoms with Crippen molar-refractivity contribution in [2.45, 2.75) is 122 Å². The summed E-state index contributed by atoms with van der Waals surface area (Å²) in [6, 6.07) is 0. The van der Waals surface area contributed by atoms with Gasteiger partial charge in [0.2, 0.25) is 0 Å². The lowest BCUT2D eigenvalue weighted by atomic mass is 9.71. The van der Waals surface area contributed by atoms with Gasteiger partial charge in [0, 0.05) is 6.61 Å². The van der Waals surface area contributed by atoms with Crippen LogP contribution in [0.15, 0.2) is 0 Å². The molecule has 0 bridgehead atoms. The van der Waals surface area contributed by atoms with Crippen molar-refractivity contribution in [2.75, 3.05) is 6.61 Å². The highest BCUT2D eigenvalue weighted by atomic mass is 16.5. The fourth-order valence-electron chi connectivity index (χ4n) is 7.04. The van der Waals surface area contributed by atoms with Gasteiger partial charge < -0.3 is 4.74 Å². The van der Waals surface area contributed by atoms with Gasteiger partial charge in [0.25, 0.3) is 0 Å². The molecule has 0 amide bonds. The highest BCUT2D eigenvalue weighted by molar-refractivity contribution is 4.82. The molecule has 0 unspecified atom stereocenters. The third-order valence-corrected chi connectivity index (χ3v) is 8.81. The van der Waals surface area contributed by atoms with Crippen LogP contribution in [0.1, 0.15) is 116 Å². The maximum Gasteiger partial charge on any atom is 0.0575 e. The van der Waals surface area contributed by atoms with Gasteiger partial charge >= 0.3 is 0 Å². The topological polar surface area (TPSA) is 9.23 Å². The number of rotatable bonds is 5. The molecule has 0 radical (unpaired) electrons. The zero-order valence-electron chi connectivity index (χ0n) is 17.3. The second-order valence-corrected chi connectivity index (χ2v) is 10.4. The normalized spacial score (nSPS) is 38.3. The molecule has 0 N–H and O–H groups in total. The molecule has 150 valence electrons. The molecule has 1 nitrogen and oxygen atoms in total. The Kier molecular flexibility index (Phi) is 7.38. The molecule has 0 heterocycles. The monoisotopic (exact) mass is 360 g/mol. The fraction of sp³-hybridized carbons (Fsp3) is 1.00. The third-order valence-electron chi connectivity index (χ3n) is 8.81. The van der Waals surface area contributed by atoms with Crippen LogP contribution >= 0.6 is 0 Å². The summed E-state index contributed by atoms with van der Waals surface area (Å²) in [6.45, 7) is 1.08. The van der Waals surface area contributed by atoms with Crippen molar-refractivity contribution in [1.29, 1.82) is 0 Å². The van der Waals surface area contributed by atoms with E-state index in [0.717, 1.165) is 36.2 Å². The average Bonchev–Trinajstić information content (AvgIpc) is 2.74. The molecular formula is C25H44O. The average molecular weight is 361 g/mol. The van der Waals surface area contributed by atoms with Crippen molar-refractivity contribution >= 4 is 0 Å². The molecule has 0 saturated heterocycles. The van der Waals surface area contributed by atoms with Crippen LogP contribution in [0.2, 0.25) is 0 Å². The summed E-state index contributed by atoms with van der Waals surface area (Å²) >= 11 is 0. The van der Waals surface area contributed by atoms with E-state index >= 15 is 0 Å². The smallest absolute Gasteiger partial charge is 0.0575 e. The maximum atomic E-state index is 6.44. The number of ether oxygens (including phenoxy) is 1. The van der Waals surface area contributed by atoms with E-state index in [-0.39, 0.29) is 0 Å². The van der Waals surface area contributed by atoms with Gasteiger partial charge in [0.05, 0.1) is 6.10 Å². The van der Waals surface area contributed by atoms with Gasteiger partial charge in [-0.15, -0.1) is 0 Å². The van der Waals surface area contributed by atoms with Crippen molar-refractivity contribution in [3.8, 4) is 0 Å². The summed E-state index contributed by atoms with van der Waals surface area (Å²) in [5.41, 5.74) is 0. The molecular weight excluding hydrogens is 316 g/mol. The molecule has 4 aliphatic rings. The lowest BCUT2D eigenvalue weighted by Gasteiger charge is -2.38. The van der Waals surface area contributed by atoms with E-state index in [0.29, 0.717) is 6.10 Å². The van der Waals surface area contributed by atoms with Crippen molar-refractivity contribution < 1.29 is 4.74 Å². The van der Waals surface area contributed by atoms with Crippen molar-refractivity contribution in [3.63, 3.8) is 0 Å². The molecule has 0 aromatic rings. The Bertz CT molecular complexity index is 339. The predicted molar refractivity (Wildman–Crippen MR) is 110 cm³/mol. The molecule has 26 heavy (non-hydrogen) atoms. The molecule has 0 aromatic carbocycles. The van der Waals surface area contributed by atoms with E-state index in [4.69, 9.17) is 4.74 Å². The van der Waals surface area contributed by atoms with Crippen LogP contribution in [0.3, 0.4) is 0 Å². The van der Waals surface area contributed by atoms with E-state index in [9.17, 15) is 0 Å². The molecule has 0 aromatic heterocycles. The first-order chi connectivity index (χ1) is 12.9. The van der Waals surface area contributed by atoms with Gasteiger partial charge in [-0.3, -0.25) is 0 Å². The van der Waals surface area contributed by atoms with Gasteiger partial charge in [0.15, 0.2) is 0 Å². The highest BCUT2D eigenvalue weighted by Gasteiger charge is 2.31. The Hall–Kier alpha value is -0.0400. The lowest BCUT2D eigenvalue weighted by Crippen LogP contribution is -2.30. The fourth-order valence-corrected chi connectivity index (χ4v) is 7.04. The van der Waals surface area contributed by atoms with Crippen LogP contribution in [-0.4, -0.2) is 12.7 Å². The zero-order chi connectivity index (χ0) is 17.6. The second kappa shape index (κ2) is 9.94. The largest absolute Gasteiger partial charge is 0.378 e. The minimum absolute atomic E-state index is 0.603. The third kappa shape index (κ3) is 5.27. The van der Waals surface area contributed by atoms with Gasteiger partial charge in [-0.2, -0.15) is 0 Å². The summed E-state index contributed by atoms with van der Waals surface area (Å²) < 4.78 is 6.44. The summed E-state index contributed by atoms with van der Waals surface area (Å²) in [6.07, 6.45) is 27.3. The minimum atomic E-state index is 0.603. The number of hydrogen-bond acceptors (Lipinski definition) is 1. The van der Waals surface area contributed by atoms with E-state index < -0.39 is 0 Å². The van der Waals surface area contributed by atoms with Crippen LogP contribution in [0.4, 0.5) is 0 Å². The van der Waals surface area contributed by atoms with Crippen molar-refractivity contribution in [3.05, 3.63) is 0 Å². The Balaban J connectivity index is 1.10. The SMILES string of the molecule is C1CCC(C2CCC(COC3CCC(C4CCCCC4)CC3)CC2)CC1.